The van der Waals surface area contributed by atoms with Gasteiger partial charge in [0.15, 0.2) is 0 Å². The van der Waals surface area contributed by atoms with Crippen LogP contribution in [0.25, 0.3) is 0 Å². The number of nitrogens with two attached hydrogens (primary N) is 1. The quantitative estimate of drug-likeness (QED) is 0.628. The van der Waals surface area contributed by atoms with Crippen LogP contribution in [-0.2, 0) is 4.57 Å². The Bertz CT molecular complexity index is 351. The van der Waals surface area contributed by atoms with Gasteiger partial charge in [0.2, 0.25) is 0 Å². The lowest BCUT2D eigenvalue weighted by atomic mass is 10.2. The molecule has 13 heavy (non-hydrogen) atoms. The van der Waals surface area contributed by atoms with Crippen LogP contribution in [-0.4, -0.2) is 9.79 Å². The Morgan fingerprint density at radius 1 is 1.38 bits per heavy atom. The van der Waals surface area contributed by atoms with E-state index >= 15 is 0 Å². The monoisotopic (exact) mass is 205 g/mol. The number of benzene rings is 1. The zero-order valence-electron chi connectivity index (χ0n) is 6.59. The van der Waals surface area contributed by atoms with E-state index in [0.717, 1.165) is 6.07 Å². The van der Waals surface area contributed by atoms with Gasteiger partial charge in [0.1, 0.15) is 11.6 Å². The van der Waals surface area contributed by atoms with Crippen LogP contribution in [0.15, 0.2) is 24.3 Å². The highest BCUT2D eigenvalue weighted by atomic mass is 31.2. The Labute approximate surface area is 74.4 Å². The molecule has 0 aliphatic carbocycles. The third kappa shape index (κ3) is 2.35. The minimum absolute atomic E-state index is 0.171. The third-order valence-corrected chi connectivity index (χ3v) is 2.59. The van der Waals surface area contributed by atoms with E-state index in [1.165, 1.54) is 18.2 Å². The lowest BCUT2D eigenvalue weighted by Gasteiger charge is -2.13. The molecule has 0 aliphatic heterocycles. The fourth-order valence-corrected chi connectivity index (χ4v) is 1.47. The Morgan fingerprint density at radius 3 is 2.38 bits per heavy atom. The summed E-state index contributed by atoms with van der Waals surface area (Å²) < 4.78 is 23.6. The maximum atomic E-state index is 12.9. The third-order valence-electron chi connectivity index (χ3n) is 1.59. The summed E-state index contributed by atoms with van der Waals surface area (Å²) in [6.07, 6.45) is 0. The molecular formula is C7H9FNO3P. The van der Waals surface area contributed by atoms with Crippen molar-refractivity contribution >= 4 is 7.60 Å². The molecule has 0 spiro atoms. The molecule has 0 heterocycles. The van der Waals surface area contributed by atoms with Gasteiger partial charge in [-0.25, -0.2) is 4.39 Å². The van der Waals surface area contributed by atoms with E-state index in [-0.39, 0.29) is 5.56 Å². The van der Waals surface area contributed by atoms with Crippen molar-refractivity contribution in [3.05, 3.63) is 35.6 Å². The van der Waals surface area contributed by atoms with Gasteiger partial charge in [-0.2, -0.15) is 0 Å². The number of rotatable bonds is 2. The molecule has 1 aromatic rings. The van der Waals surface area contributed by atoms with Crippen molar-refractivity contribution in [1.82, 2.24) is 0 Å². The second kappa shape index (κ2) is 3.55. The molecule has 0 radical (unpaired) electrons. The van der Waals surface area contributed by atoms with E-state index in [0.29, 0.717) is 0 Å². The highest BCUT2D eigenvalue weighted by Gasteiger charge is 2.28. The van der Waals surface area contributed by atoms with Gasteiger partial charge in [-0.15, -0.1) is 0 Å². The number of halogens is 1. The zero-order valence-corrected chi connectivity index (χ0v) is 7.49. The van der Waals surface area contributed by atoms with E-state index < -0.39 is 19.2 Å². The van der Waals surface area contributed by atoms with Crippen molar-refractivity contribution in [2.75, 3.05) is 0 Å². The first-order chi connectivity index (χ1) is 5.93. The Hall–Kier alpha value is -0.740. The summed E-state index contributed by atoms with van der Waals surface area (Å²) in [7, 11) is -4.47. The lowest BCUT2D eigenvalue weighted by molar-refractivity contribution is 0.358. The fourth-order valence-electron chi connectivity index (χ4n) is 0.896. The molecule has 0 bridgehead atoms. The van der Waals surface area contributed by atoms with Crippen molar-refractivity contribution in [2.45, 2.75) is 5.78 Å². The summed E-state index contributed by atoms with van der Waals surface area (Å²) in [5, 5.41) is 0. The van der Waals surface area contributed by atoms with Crippen LogP contribution in [0.3, 0.4) is 0 Å². The van der Waals surface area contributed by atoms with E-state index in [2.05, 4.69) is 0 Å². The minimum Gasteiger partial charge on any atom is -0.323 e. The molecule has 0 amide bonds. The second-order valence-electron chi connectivity index (χ2n) is 2.56. The highest BCUT2D eigenvalue weighted by Crippen LogP contribution is 2.48. The van der Waals surface area contributed by atoms with E-state index in [1.54, 1.807) is 0 Å². The van der Waals surface area contributed by atoms with Crippen LogP contribution in [0.1, 0.15) is 11.3 Å². The van der Waals surface area contributed by atoms with Crippen LogP contribution in [0, 0.1) is 5.82 Å². The van der Waals surface area contributed by atoms with Gasteiger partial charge in [-0.1, -0.05) is 18.2 Å². The molecule has 6 heteroatoms. The van der Waals surface area contributed by atoms with Gasteiger partial charge < -0.3 is 15.5 Å². The average molecular weight is 205 g/mol. The van der Waals surface area contributed by atoms with Gasteiger partial charge >= 0.3 is 7.60 Å². The van der Waals surface area contributed by atoms with Crippen LogP contribution in [0.2, 0.25) is 0 Å². The predicted molar refractivity (Wildman–Crippen MR) is 45.4 cm³/mol. The molecule has 4 nitrogen and oxygen atoms in total. The molecule has 0 aromatic heterocycles. The van der Waals surface area contributed by atoms with E-state index in [4.69, 9.17) is 15.5 Å². The molecule has 0 saturated heterocycles. The Kier molecular flexibility index (Phi) is 2.83. The van der Waals surface area contributed by atoms with Gasteiger partial charge in [0.05, 0.1) is 0 Å². The summed E-state index contributed by atoms with van der Waals surface area (Å²) in [5.41, 5.74) is 5.00. The van der Waals surface area contributed by atoms with E-state index in [9.17, 15) is 8.96 Å². The van der Waals surface area contributed by atoms with Crippen molar-refractivity contribution in [2.24, 2.45) is 5.73 Å². The first-order valence-electron chi connectivity index (χ1n) is 3.48. The summed E-state index contributed by atoms with van der Waals surface area (Å²) in [4.78, 5) is 17.4. The Balaban J connectivity index is 3.09. The first-order valence-corrected chi connectivity index (χ1v) is 5.16. The van der Waals surface area contributed by atoms with Crippen molar-refractivity contribution in [1.29, 1.82) is 0 Å². The van der Waals surface area contributed by atoms with Crippen LogP contribution >= 0.6 is 7.60 Å². The molecule has 1 unspecified atom stereocenters. The van der Waals surface area contributed by atoms with Crippen molar-refractivity contribution in [3.63, 3.8) is 0 Å². The lowest BCUT2D eigenvalue weighted by Crippen LogP contribution is -2.12. The topological polar surface area (TPSA) is 83.6 Å². The summed E-state index contributed by atoms with van der Waals surface area (Å²) in [6.45, 7) is 0. The van der Waals surface area contributed by atoms with Crippen LogP contribution < -0.4 is 5.73 Å². The molecule has 0 saturated carbocycles. The van der Waals surface area contributed by atoms with Gasteiger partial charge in [-0.3, -0.25) is 4.57 Å². The first kappa shape index (κ1) is 10.3. The molecule has 1 atom stereocenters. The molecule has 1 rings (SSSR count). The van der Waals surface area contributed by atoms with Crippen LogP contribution in [0.4, 0.5) is 4.39 Å². The normalized spacial score (nSPS) is 14.2. The molecule has 0 fully saturated rings. The average Bonchev–Trinajstić information content (AvgIpc) is 2.02. The molecule has 0 aliphatic rings. The molecule has 72 valence electrons. The number of hydrogen-bond donors (Lipinski definition) is 3. The maximum absolute atomic E-state index is 12.9. The fraction of sp³-hybridized carbons (Fsp3) is 0.143. The zero-order chi connectivity index (χ0) is 10.1. The number of hydrogen-bond acceptors (Lipinski definition) is 2. The largest absolute Gasteiger partial charge is 0.346 e. The van der Waals surface area contributed by atoms with E-state index in [1.807, 2.05) is 0 Å². The Morgan fingerprint density at radius 2 is 1.92 bits per heavy atom. The standard InChI is InChI=1S/C7H9FNO3P/c8-6-4-2-1-3-5(6)7(9)13(10,11)12/h1-4,7H,9H2,(H2,10,11,12). The SMILES string of the molecule is NC(c1ccccc1F)P(=O)(O)O. The highest BCUT2D eigenvalue weighted by molar-refractivity contribution is 7.52. The summed E-state index contributed by atoms with van der Waals surface area (Å²) >= 11 is 0. The van der Waals surface area contributed by atoms with Crippen molar-refractivity contribution in [3.8, 4) is 0 Å². The minimum atomic E-state index is -4.47. The van der Waals surface area contributed by atoms with Gasteiger partial charge in [0, 0.05) is 5.56 Å². The van der Waals surface area contributed by atoms with Crippen LogP contribution in [0.5, 0.6) is 0 Å². The molecular weight excluding hydrogens is 196 g/mol. The summed E-state index contributed by atoms with van der Waals surface area (Å²) in [5.74, 6) is -2.30. The predicted octanol–water partition coefficient (Wildman–Crippen LogP) is 0.961. The second-order valence-corrected chi connectivity index (χ2v) is 4.29. The van der Waals surface area contributed by atoms with Gasteiger partial charge in [0.25, 0.3) is 0 Å². The van der Waals surface area contributed by atoms with Crippen molar-refractivity contribution < 1.29 is 18.7 Å². The van der Waals surface area contributed by atoms with Gasteiger partial charge in [-0.05, 0) is 6.07 Å². The molecule has 1 aromatic carbocycles. The molecule has 4 N–H and O–H groups in total. The smallest absolute Gasteiger partial charge is 0.323 e. The summed E-state index contributed by atoms with van der Waals surface area (Å²) in [6, 6.07) is 5.24. The maximum Gasteiger partial charge on any atom is 0.346 e.